The molecule has 0 atom stereocenters. The number of methoxy groups -OCH3 is 1. The fourth-order valence-corrected chi connectivity index (χ4v) is 4.86. The van der Waals surface area contributed by atoms with Crippen molar-refractivity contribution < 1.29 is 37.0 Å². The van der Waals surface area contributed by atoms with Crippen LogP contribution in [0.2, 0.25) is 0 Å². The highest BCUT2D eigenvalue weighted by molar-refractivity contribution is 6.39. The Labute approximate surface area is 245 Å². The van der Waals surface area contributed by atoms with Crippen LogP contribution in [0.1, 0.15) is 18.4 Å². The highest BCUT2D eigenvalue weighted by Gasteiger charge is 2.25. The molecular weight excluding hydrogens is 565 g/mol. The number of carbonyl (C=O) groups excluding carboxylic acids is 2. The van der Waals surface area contributed by atoms with Crippen molar-refractivity contribution in [1.29, 1.82) is 0 Å². The monoisotopic (exact) mass is 594 g/mol. The predicted molar refractivity (Wildman–Crippen MR) is 153 cm³/mol. The van der Waals surface area contributed by atoms with Crippen LogP contribution in [0, 0.1) is 23.4 Å². The van der Waals surface area contributed by atoms with Gasteiger partial charge in [0, 0.05) is 35.0 Å². The number of pyridine rings is 1. The first kappa shape index (κ1) is 29.6. The lowest BCUT2D eigenvalue weighted by atomic mass is 9.99. The van der Waals surface area contributed by atoms with Gasteiger partial charge >= 0.3 is 11.8 Å². The highest BCUT2D eigenvalue weighted by Crippen LogP contribution is 2.38. The van der Waals surface area contributed by atoms with Gasteiger partial charge in [-0.2, -0.15) is 0 Å². The van der Waals surface area contributed by atoms with Crippen LogP contribution >= 0.6 is 0 Å². The third kappa shape index (κ3) is 6.64. The topological polar surface area (TPSA) is 116 Å². The number of nitrogens with one attached hydrogen (secondary N) is 1. The minimum Gasteiger partial charge on any atom is -0.493 e. The Morgan fingerprint density at radius 3 is 2.49 bits per heavy atom. The quantitative estimate of drug-likeness (QED) is 0.266. The second-order valence-corrected chi connectivity index (χ2v) is 10.0. The van der Waals surface area contributed by atoms with Gasteiger partial charge in [0.1, 0.15) is 5.75 Å². The van der Waals surface area contributed by atoms with Gasteiger partial charge in [0.15, 0.2) is 34.7 Å². The summed E-state index contributed by atoms with van der Waals surface area (Å²) in [6, 6.07) is 11.9. The van der Waals surface area contributed by atoms with E-state index in [0.717, 1.165) is 43.0 Å². The van der Waals surface area contributed by atoms with Crippen LogP contribution < -0.4 is 30.2 Å². The van der Waals surface area contributed by atoms with Crippen molar-refractivity contribution in [3.63, 3.8) is 0 Å². The Hall–Kier alpha value is -4.84. The van der Waals surface area contributed by atoms with Crippen molar-refractivity contribution in [2.45, 2.75) is 19.4 Å². The van der Waals surface area contributed by atoms with Crippen molar-refractivity contribution in [3.05, 3.63) is 83.8 Å². The van der Waals surface area contributed by atoms with Gasteiger partial charge in [0.05, 0.1) is 25.8 Å². The van der Waals surface area contributed by atoms with Crippen molar-refractivity contribution in [3.8, 4) is 23.0 Å². The van der Waals surface area contributed by atoms with E-state index < -0.39 is 35.8 Å². The molecule has 1 aliphatic heterocycles. The van der Waals surface area contributed by atoms with Crippen molar-refractivity contribution in [2.75, 3.05) is 31.7 Å². The number of ether oxygens (including phenoxy) is 3. The molecule has 0 radical (unpaired) electrons. The minimum absolute atomic E-state index is 0.117. The number of carbonyl (C=O) groups is 2. The molecule has 9 nitrogen and oxygen atoms in total. The average molecular weight is 595 g/mol. The number of primary amides is 1. The normalized spacial score (nSPS) is 13.5. The first-order valence-electron chi connectivity index (χ1n) is 13.6. The van der Waals surface area contributed by atoms with Crippen LogP contribution in [0.4, 0.5) is 18.9 Å². The van der Waals surface area contributed by atoms with Crippen LogP contribution in [0.15, 0.2) is 60.8 Å². The van der Waals surface area contributed by atoms with E-state index >= 15 is 4.39 Å². The Morgan fingerprint density at radius 1 is 0.977 bits per heavy atom. The van der Waals surface area contributed by atoms with Gasteiger partial charge in [-0.1, -0.05) is 12.1 Å². The van der Waals surface area contributed by atoms with Gasteiger partial charge in [-0.25, -0.2) is 13.2 Å². The first-order valence-corrected chi connectivity index (χ1v) is 13.6. The molecule has 0 spiro atoms. The number of aromatic nitrogens is 1. The van der Waals surface area contributed by atoms with Gasteiger partial charge in [-0.05, 0) is 62.2 Å². The number of halogens is 3. The summed E-state index contributed by atoms with van der Waals surface area (Å²) in [5, 5.41) is 3.86. The molecule has 12 heteroatoms. The Kier molecular flexibility index (Phi) is 8.96. The Bertz CT molecular complexity index is 1660. The van der Waals surface area contributed by atoms with E-state index in [4.69, 9.17) is 19.9 Å². The van der Waals surface area contributed by atoms with Crippen molar-refractivity contribution in [2.24, 2.45) is 11.7 Å². The summed E-state index contributed by atoms with van der Waals surface area (Å²) in [7, 11) is 1.52. The molecule has 1 aromatic heterocycles. The maximum absolute atomic E-state index is 15.4. The van der Waals surface area contributed by atoms with Crippen LogP contribution in [0.3, 0.4) is 0 Å². The molecular formula is C31H29F3N4O5. The number of benzene rings is 3. The van der Waals surface area contributed by atoms with Crippen molar-refractivity contribution in [1.82, 2.24) is 10.3 Å². The zero-order chi connectivity index (χ0) is 30.5. The number of fused-ring (bicyclic) bond motifs is 1. The van der Waals surface area contributed by atoms with E-state index in [0.29, 0.717) is 34.9 Å². The van der Waals surface area contributed by atoms with Gasteiger partial charge in [0.2, 0.25) is 0 Å². The fourth-order valence-electron chi connectivity index (χ4n) is 4.86. The fraction of sp³-hybridized carbons (Fsp3) is 0.258. The molecule has 2 amide bonds. The third-order valence-corrected chi connectivity index (χ3v) is 7.18. The maximum atomic E-state index is 15.4. The molecule has 224 valence electrons. The molecule has 4 aromatic rings. The average Bonchev–Trinajstić information content (AvgIpc) is 3.01. The number of nitrogens with zero attached hydrogens (tertiary/aromatic N) is 2. The highest BCUT2D eigenvalue weighted by atomic mass is 19.2. The zero-order valence-electron chi connectivity index (χ0n) is 23.2. The SMILES string of the molecule is COc1cc2c(Oc3ccc(N(Cc4cccc(F)c4F)C(=O)C(N)=O)cc3F)ccnc2cc1OCC1CCNCC1. The molecule has 1 aliphatic rings. The molecule has 1 fully saturated rings. The zero-order valence-corrected chi connectivity index (χ0v) is 23.2. The molecule has 0 unspecified atom stereocenters. The number of nitrogens with two attached hydrogens (primary N) is 1. The number of rotatable bonds is 9. The van der Waals surface area contributed by atoms with Crippen molar-refractivity contribution >= 4 is 28.4 Å². The van der Waals surface area contributed by atoms with E-state index in [2.05, 4.69) is 10.3 Å². The minimum atomic E-state index is -1.35. The number of hydrogen-bond donors (Lipinski definition) is 2. The molecule has 43 heavy (non-hydrogen) atoms. The molecule has 3 N–H and O–H groups in total. The number of anilines is 1. The lowest BCUT2D eigenvalue weighted by Crippen LogP contribution is -2.40. The van der Waals surface area contributed by atoms with Gasteiger partial charge < -0.3 is 25.3 Å². The van der Waals surface area contributed by atoms with Gasteiger partial charge in [-0.3, -0.25) is 19.5 Å². The summed E-state index contributed by atoms with van der Waals surface area (Å²) < 4.78 is 60.9. The van der Waals surface area contributed by atoms with Gasteiger partial charge in [-0.15, -0.1) is 0 Å². The first-order chi connectivity index (χ1) is 20.7. The van der Waals surface area contributed by atoms with Gasteiger partial charge in [0.25, 0.3) is 0 Å². The van der Waals surface area contributed by atoms with E-state index in [1.54, 1.807) is 18.2 Å². The smallest absolute Gasteiger partial charge is 0.316 e. The Balaban J connectivity index is 1.41. The number of hydrogen-bond acceptors (Lipinski definition) is 7. The summed E-state index contributed by atoms with van der Waals surface area (Å²) >= 11 is 0. The molecule has 0 saturated carbocycles. The van der Waals surface area contributed by atoms with E-state index in [1.165, 1.54) is 37.6 Å². The molecule has 2 heterocycles. The van der Waals surface area contributed by atoms with Crippen LogP contribution in [-0.2, 0) is 16.1 Å². The Morgan fingerprint density at radius 2 is 1.77 bits per heavy atom. The van der Waals surface area contributed by atoms with E-state index in [-0.39, 0.29) is 22.7 Å². The molecule has 0 aliphatic carbocycles. The summed E-state index contributed by atoms with van der Waals surface area (Å²) in [6.45, 7) is 1.88. The number of piperidine rings is 1. The predicted octanol–water partition coefficient (Wildman–Crippen LogP) is 4.85. The summed E-state index contributed by atoms with van der Waals surface area (Å²) in [5.74, 6) is -4.34. The van der Waals surface area contributed by atoms with Crippen LogP contribution in [0.5, 0.6) is 23.0 Å². The summed E-state index contributed by atoms with van der Waals surface area (Å²) in [6.07, 6.45) is 3.55. The summed E-state index contributed by atoms with van der Waals surface area (Å²) in [4.78, 5) is 29.4. The molecule has 0 bridgehead atoms. The summed E-state index contributed by atoms with van der Waals surface area (Å²) in [5.41, 5.74) is 5.35. The lowest BCUT2D eigenvalue weighted by molar-refractivity contribution is -0.135. The standard InChI is InChI=1S/C31H29F3N4O5/c1-41-27-14-21-24(15-28(27)42-17-18-7-10-36-11-8-18)37-12-9-25(21)43-26-6-5-20(13-23(26)33)38(31(40)30(35)39)16-19-3-2-4-22(32)29(19)34/h2-6,9,12-15,18,36H,7-8,10-11,16-17H2,1H3,(H2,35,39). The molecule has 1 saturated heterocycles. The molecule has 5 rings (SSSR count). The van der Waals surface area contributed by atoms with E-state index in [1.807, 2.05) is 0 Å². The third-order valence-electron chi connectivity index (χ3n) is 7.18. The number of amides is 2. The van der Waals surface area contributed by atoms with Crippen LogP contribution in [-0.4, -0.2) is 43.6 Å². The van der Waals surface area contributed by atoms with E-state index in [9.17, 15) is 18.4 Å². The second-order valence-electron chi connectivity index (χ2n) is 10.0. The largest absolute Gasteiger partial charge is 0.493 e. The lowest BCUT2D eigenvalue weighted by Gasteiger charge is -2.23. The molecule has 3 aromatic carbocycles. The maximum Gasteiger partial charge on any atom is 0.316 e. The van der Waals surface area contributed by atoms with Crippen LogP contribution in [0.25, 0.3) is 10.9 Å². The second kappa shape index (κ2) is 13.0.